The molecule has 0 saturated heterocycles. The highest BCUT2D eigenvalue weighted by atomic mass is 32.2. The predicted molar refractivity (Wildman–Crippen MR) is 72.1 cm³/mol. The maximum Gasteiger partial charge on any atom is 0.151 e. The lowest BCUT2D eigenvalue weighted by molar-refractivity contribution is 1.10. The van der Waals surface area contributed by atoms with E-state index < -0.39 is 0 Å². The molecule has 2 rings (SSSR count). The van der Waals surface area contributed by atoms with Gasteiger partial charge in [-0.25, -0.2) is 0 Å². The fourth-order valence-corrected chi connectivity index (χ4v) is 2.21. The smallest absolute Gasteiger partial charge is 0.151 e. The average molecular weight is 257 g/mol. The number of hydrogen-bond acceptors (Lipinski definition) is 5. The highest BCUT2D eigenvalue weighted by Gasteiger charge is 2.10. The summed E-state index contributed by atoms with van der Waals surface area (Å²) >= 11 is 1.19. The lowest BCUT2D eigenvalue weighted by atomic mass is 10.1. The molecule has 0 spiro atoms. The molecule has 18 heavy (non-hydrogen) atoms. The van der Waals surface area contributed by atoms with E-state index in [0.717, 1.165) is 22.2 Å². The molecule has 0 saturated carbocycles. The minimum atomic E-state index is 0.0424. The molecule has 3 N–H and O–H groups in total. The van der Waals surface area contributed by atoms with E-state index >= 15 is 0 Å². The average Bonchev–Trinajstić information content (AvgIpc) is 2.38. The van der Waals surface area contributed by atoms with Crippen LogP contribution < -0.4 is 5.73 Å². The van der Waals surface area contributed by atoms with Gasteiger partial charge in [-0.1, -0.05) is 11.8 Å². The Kier molecular flexibility index (Phi) is 3.75. The molecule has 2 aromatic rings. The Morgan fingerprint density at radius 1 is 1.50 bits per heavy atom. The fourth-order valence-electron chi connectivity index (χ4n) is 1.67. The van der Waals surface area contributed by atoms with E-state index in [-0.39, 0.29) is 11.6 Å². The van der Waals surface area contributed by atoms with E-state index in [1.54, 1.807) is 12.4 Å². The van der Waals surface area contributed by atoms with Crippen LogP contribution in [0.3, 0.4) is 0 Å². The minimum absolute atomic E-state index is 0.0424. The highest BCUT2D eigenvalue weighted by Crippen LogP contribution is 2.22. The van der Waals surface area contributed by atoms with Gasteiger partial charge in [-0.05, 0) is 12.1 Å². The van der Waals surface area contributed by atoms with Crippen LogP contribution in [-0.2, 0) is 12.2 Å². The quantitative estimate of drug-likeness (QED) is 0.645. The zero-order valence-corrected chi connectivity index (χ0v) is 10.4. The number of aromatic nitrogens is 2. The predicted octanol–water partition coefficient (Wildman–Crippen LogP) is 1.82. The van der Waals surface area contributed by atoms with Gasteiger partial charge in [0, 0.05) is 29.1 Å². The van der Waals surface area contributed by atoms with Gasteiger partial charge in [0.1, 0.15) is 0 Å². The molecule has 0 aliphatic heterocycles. The number of rotatable bonds is 3. The number of pyridine rings is 2. The summed E-state index contributed by atoms with van der Waals surface area (Å²) in [5, 5.41) is 17.1. The largest absolute Gasteiger partial charge is 0.379 e. The van der Waals surface area contributed by atoms with Crippen molar-refractivity contribution in [2.75, 3.05) is 0 Å². The highest BCUT2D eigenvalue weighted by molar-refractivity contribution is 8.13. The van der Waals surface area contributed by atoms with Crippen molar-refractivity contribution in [3.8, 4) is 6.07 Å². The number of fused-ring (bicyclic) bond motifs is 1. The number of nitriles is 1. The molecule has 0 aliphatic carbocycles. The minimum Gasteiger partial charge on any atom is -0.379 e. The summed E-state index contributed by atoms with van der Waals surface area (Å²) in [4.78, 5) is 8.64. The third kappa shape index (κ3) is 2.57. The van der Waals surface area contributed by atoms with Gasteiger partial charge in [-0.15, -0.1) is 0 Å². The molecular formula is C12H11N5S. The molecule has 0 atom stereocenters. The molecule has 0 radical (unpaired) electrons. The van der Waals surface area contributed by atoms with Crippen molar-refractivity contribution in [3.05, 3.63) is 35.8 Å². The standard InChI is InChI=1S/C12H11N5S/c13-4-3-9-10(7-18-12(14)15)17-6-8-2-1-5-16-11(8)9/h1-2,5-6H,3,7H2,(H3,14,15). The molecule has 6 heteroatoms. The van der Waals surface area contributed by atoms with Crippen molar-refractivity contribution in [2.45, 2.75) is 12.2 Å². The van der Waals surface area contributed by atoms with E-state index in [1.807, 2.05) is 12.1 Å². The van der Waals surface area contributed by atoms with Gasteiger partial charge in [0.15, 0.2) is 5.17 Å². The lowest BCUT2D eigenvalue weighted by Gasteiger charge is -2.08. The van der Waals surface area contributed by atoms with E-state index in [4.69, 9.17) is 16.4 Å². The molecule has 0 bridgehead atoms. The van der Waals surface area contributed by atoms with Crippen LogP contribution in [0.2, 0.25) is 0 Å². The third-order valence-corrected chi connectivity index (χ3v) is 3.18. The van der Waals surface area contributed by atoms with Gasteiger partial charge in [0.2, 0.25) is 0 Å². The molecule has 2 heterocycles. The van der Waals surface area contributed by atoms with Crippen molar-refractivity contribution in [2.24, 2.45) is 5.73 Å². The molecule has 0 unspecified atom stereocenters. The van der Waals surface area contributed by atoms with Crippen LogP contribution >= 0.6 is 11.8 Å². The Labute approximate surface area is 109 Å². The van der Waals surface area contributed by atoms with E-state index in [1.165, 1.54) is 11.8 Å². The second kappa shape index (κ2) is 5.47. The first-order valence-corrected chi connectivity index (χ1v) is 6.26. The third-order valence-electron chi connectivity index (χ3n) is 2.45. The molecule has 5 nitrogen and oxygen atoms in total. The van der Waals surface area contributed by atoms with Gasteiger partial charge in [0.05, 0.1) is 23.7 Å². The Balaban J connectivity index is 2.49. The van der Waals surface area contributed by atoms with Crippen LogP contribution in [0.25, 0.3) is 10.9 Å². The SMILES string of the molecule is N#CCc1c(CSC(=N)N)ncc2cccnc12. The van der Waals surface area contributed by atoms with Crippen LogP contribution in [-0.4, -0.2) is 15.1 Å². The molecule has 0 aliphatic rings. The lowest BCUT2D eigenvalue weighted by Crippen LogP contribution is -2.06. The van der Waals surface area contributed by atoms with Crippen LogP contribution in [0.15, 0.2) is 24.5 Å². The monoisotopic (exact) mass is 257 g/mol. The Hall–Kier alpha value is -2.13. The number of nitrogens with zero attached hydrogens (tertiary/aromatic N) is 3. The van der Waals surface area contributed by atoms with Crippen molar-refractivity contribution < 1.29 is 0 Å². The van der Waals surface area contributed by atoms with Crippen LogP contribution in [0.5, 0.6) is 0 Å². The Morgan fingerprint density at radius 3 is 3.06 bits per heavy atom. The van der Waals surface area contributed by atoms with Gasteiger partial charge in [-0.2, -0.15) is 5.26 Å². The normalized spacial score (nSPS) is 10.2. The van der Waals surface area contributed by atoms with Gasteiger partial charge < -0.3 is 5.73 Å². The fraction of sp³-hybridized carbons (Fsp3) is 0.167. The summed E-state index contributed by atoms with van der Waals surface area (Å²) < 4.78 is 0. The Bertz CT molecular complexity index is 632. The van der Waals surface area contributed by atoms with Crippen LogP contribution in [0.1, 0.15) is 11.3 Å². The molecule has 0 aromatic carbocycles. The summed E-state index contributed by atoms with van der Waals surface area (Å²) in [6, 6.07) is 5.88. The summed E-state index contributed by atoms with van der Waals surface area (Å²) in [5.41, 5.74) is 7.70. The number of thioether (sulfide) groups is 1. The number of hydrogen-bond donors (Lipinski definition) is 2. The van der Waals surface area contributed by atoms with Gasteiger partial charge in [-0.3, -0.25) is 15.4 Å². The van der Waals surface area contributed by atoms with Crippen molar-refractivity contribution >= 4 is 27.8 Å². The molecule has 0 fully saturated rings. The maximum atomic E-state index is 8.90. The van der Waals surface area contributed by atoms with E-state index in [2.05, 4.69) is 16.0 Å². The van der Waals surface area contributed by atoms with Gasteiger partial charge in [0.25, 0.3) is 0 Å². The zero-order chi connectivity index (χ0) is 13.0. The van der Waals surface area contributed by atoms with Crippen molar-refractivity contribution in [1.29, 1.82) is 10.7 Å². The zero-order valence-electron chi connectivity index (χ0n) is 9.55. The second-order valence-corrected chi connectivity index (χ2v) is 4.63. The van der Waals surface area contributed by atoms with Crippen molar-refractivity contribution in [1.82, 2.24) is 9.97 Å². The molecule has 0 amide bonds. The summed E-state index contributed by atoms with van der Waals surface area (Å²) in [5.74, 6) is 0.485. The summed E-state index contributed by atoms with van der Waals surface area (Å²) in [6.45, 7) is 0. The van der Waals surface area contributed by atoms with Gasteiger partial charge >= 0.3 is 0 Å². The Morgan fingerprint density at radius 2 is 2.33 bits per heavy atom. The molecule has 90 valence electrons. The summed E-state index contributed by atoms with van der Waals surface area (Å²) in [6.07, 6.45) is 3.69. The number of amidine groups is 1. The second-order valence-electron chi connectivity index (χ2n) is 3.61. The van der Waals surface area contributed by atoms with Crippen LogP contribution in [0, 0.1) is 16.7 Å². The molecular weight excluding hydrogens is 246 g/mol. The first kappa shape index (κ1) is 12.3. The van der Waals surface area contributed by atoms with E-state index in [9.17, 15) is 0 Å². The van der Waals surface area contributed by atoms with Crippen LogP contribution in [0.4, 0.5) is 0 Å². The summed E-state index contributed by atoms with van der Waals surface area (Å²) in [7, 11) is 0. The maximum absolute atomic E-state index is 8.90. The molecule has 2 aromatic heterocycles. The van der Waals surface area contributed by atoms with Crippen molar-refractivity contribution in [3.63, 3.8) is 0 Å². The first-order valence-electron chi connectivity index (χ1n) is 5.27. The number of nitrogens with two attached hydrogens (primary N) is 1. The van der Waals surface area contributed by atoms with E-state index in [0.29, 0.717) is 5.75 Å². The first-order chi connectivity index (χ1) is 8.72. The number of nitrogens with one attached hydrogen (secondary N) is 1. The topological polar surface area (TPSA) is 99.4 Å².